The molecular weight excluding hydrogens is 280 g/mol. The molecule has 3 unspecified atom stereocenters. The molecule has 4 heteroatoms. The fraction of sp³-hybridized carbons (Fsp3) is 0.824. The molecule has 21 heavy (non-hydrogen) atoms. The van der Waals surface area contributed by atoms with Crippen molar-refractivity contribution < 1.29 is 5.11 Å². The molecule has 0 bridgehead atoms. The fourth-order valence-corrected chi connectivity index (χ4v) is 4.28. The lowest BCUT2D eigenvalue weighted by atomic mass is 9.68. The van der Waals surface area contributed by atoms with Crippen LogP contribution in [0.2, 0.25) is 0 Å². The molecule has 1 aromatic heterocycles. The Kier molecular flexibility index (Phi) is 5.44. The van der Waals surface area contributed by atoms with Crippen LogP contribution in [-0.4, -0.2) is 34.7 Å². The van der Waals surface area contributed by atoms with Gasteiger partial charge >= 0.3 is 0 Å². The Morgan fingerprint density at radius 3 is 2.67 bits per heavy atom. The topological polar surface area (TPSA) is 36.4 Å². The molecule has 3 nitrogen and oxygen atoms in total. The van der Waals surface area contributed by atoms with Crippen LogP contribution in [0, 0.1) is 24.2 Å². The average Bonchev–Trinajstić information content (AvgIpc) is 2.76. The van der Waals surface area contributed by atoms with Crippen LogP contribution in [0.15, 0.2) is 5.51 Å². The monoisotopic (exact) mass is 310 g/mol. The van der Waals surface area contributed by atoms with Gasteiger partial charge in [-0.25, -0.2) is 4.98 Å². The summed E-state index contributed by atoms with van der Waals surface area (Å²) in [5, 5.41) is 10.3. The second-order valence-electron chi connectivity index (χ2n) is 7.76. The maximum atomic E-state index is 10.3. The minimum atomic E-state index is -0.131. The summed E-state index contributed by atoms with van der Waals surface area (Å²) in [7, 11) is 2.16. The first-order valence-corrected chi connectivity index (χ1v) is 8.91. The standard InChI is InChI=1S/C17H30N2OS/c1-12-16(21-11-18-12)10-19(5)9-13-8-14(17(2,3)4)6-7-15(13)20/h11,13-15,20H,6-10H2,1-5H3. The summed E-state index contributed by atoms with van der Waals surface area (Å²) in [6, 6.07) is 0. The number of aliphatic hydroxyl groups excluding tert-OH is 1. The van der Waals surface area contributed by atoms with Gasteiger partial charge in [0.05, 0.1) is 17.3 Å². The van der Waals surface area contributed by atoms with E-state index in [0.717, 1.165) is 37.5 Å². The van der Waals surface area contributed by atoms with E-state index in [1.54, 1.807) is 11.3 Å². The highest BCUT2D eigenvalue weighted by Gasteiger charge is 2.35. The number of hydrogen-bond donors (Lipinski definition) is 1. The van der Waals surface area contributed by atoms with Gasteiger partial charge in [-0.1, -0.05) is 20.8 Å². The van der Waals surface area contributed by atoms with E-state index in [1.807, 2.05) is 5.51 Å². The van der Waals surface area contributed by atoms with Crippen molar-refractivity contribution in [2.24, 2.45) is 17.3 Å². The third-order valence-electron chi connectivity index (χ3n) is 4.97. The maximum Gasteiger partial charge on any atom is 0.0798 e. The SMILES string of the molecule is Cc1ncsc1CN(C)CC1CC(C(C)(C)C)CCC1O. The number of thiazole rings is 1. The number of hydrogen-bond acceptors (Lipinski definition) is 4. The van der Waals surface area contributed by atoms with E-state index >= 15 is 0 Å². The number of aliphatic hydroxyl groups is 1. The van der Waals surface area contributed by atoms with Crippen molar-refractivity contribution in [2.75, 3.05) is 13.6 Å². The average molecular weight is 311 g/mol. The van der Waals surface area contributed by atoms with Crippen LogP contribution in [-0.2, 0) is 6.54 Å². The van der Waals surface area contributed by atoms with Gasteiger partial charge in [0.25, 0.3) is 0 Å². The molecule has 0 spiro atoms. The quantitative estimate of drug-likeness (QED) is 0.921. The van der Waals surface area contributed by atoms with Crippen molar-refractivity contribution in [3.63, 3.8) is 0 Å². The summed E-state index contributed by atoms with van der Waals surface area (Å²) in [5.74, 6) is 1.13. The van der Waals surface area contributed by atoms with Crippen molar-refractivity contribution in [1.29, 1.82) is 0 Å². The smallest absolute Gasteiger partial charge is 0.0798 e. The van der Waals surface area contributed by atoms with Crippen molar-refractivity contribution in [2.45, 2.75) is 59.6 Å². The molecule has 1 N–H and O–H groups in total. The normalized spacial score (nSPS) is 27.3. The number of aryl methyl sites for hydroxylation is 1. The molecule has 1 fully saturated rings. The summed E-state index contributed by atoms with van der Waals surface area (Å²) < 4.78 is 0. The van der Waals surface area contributed by atoms with E-state index in [4.69, 9.17) is 0 Å². The molecule has 3 atom stereocenters. The van der Waals surface area contributed by atoms with Gasteiger partial charge < -0.3 is 10.0 Å². The van der Waals surface area contributed by atoms with Crippen LogP contribution in [0.5, 0.6) is 0 Å². The van der Waals surface area contributed by atoms with Crippen molar-refractivity contribution in [1.82, 2.24) is 9.88 Å². The van der Waals surface area contributed by atoms with Gasteiger partial charge in [-0.3, -0.25) is 0 Å². The Hall–Kier alpha value is -0.450. The van der Waals surface area contributed by atoms with E-state index in [9.17, 15) is 5.11 Å². The Balaban J connectivity index is 1.92. The number of aromatic nitrogens is 1. The molecular formula is C17H30N2OS. The zero-order chi connectivity index (χ0) is 15.6. The molecule has 2 rings (SSSR count). The lowest BCUT2D eigenvalue weighted by Gasteiger charge is -2.41. The number of nitrogens with zero attached hydrogens (tertiary/aromatic N) is 2. The predicted molar refractivity (Wildman–Crippen MR) is 89.5 cm³/mol. The second kappa shape index (κ2) is 6.76. The van der Waals surface area contributed by atoms with Crippen LogP contribution >= 0.6 is 11.3 Å². The van der Waals surface area contributed by atoms with E-state index < -0.39 is 0 Å². The molecule has 1 aromatic rings. The lowest BCUT2D eigenvalue weighted by molar-refractivity contribution is 0.00568. The molecule has 120 valence electrons. The van der Waals surface area contributed by atoms with Crippen molar-refractivity contribution >= 4 is 11.3 Å². The van der Waals surface area contributed by atoms with Crippen molar-refractivity contribution in [3.8, 4) is 0 Å². The summed E-state index contributed by atoms with van der Waals surface area (Å²) >= 11 is 1.73. The summed E-state index contributed by atoms with van der Waals surface area (Å²) in [6.45, 7) is 11.0. The largest absolute Gasteiger partial charge is 0.393 e. The van der Waals surface area contributed by atoms with Gasteiger partial charge in [0.1, 0.15) is 0 Å². The molecule has 0 aliphatic heterocycles. The lowest BCUT2D eigenvalue weighted by Crippen LogP contribution is -2.40. The van der Waals surface area contributed by atoms with Crippen LogP contribution in [0.25, 0.3) is 0 Å². The van der Waals surface area contributed by atoms with Crippen LogP contribution in [0.4, 0.5) is 0 Å². The minimum Gasteiger partial charge on any atom is -0.393 e. The van der Waals surface area contributed by atoms with Gasteiger partial charge in [0, 0.05) is 18.0 Å². The molecule has 0 amide bonds. The van der Waals surface area contributed by atoms with E-state index in [2.05, 4.69) is 44.6 Å². The van der Waals surface area contributed by atoms with Gasteiger partial charge in [0.15, 0.2) is 0 Å². The van der Waals surface area contributed by atoms with E-state index in [1.165, 1.54) is 11.3 Å². The Morgan fingerprint density at radius 2 is 2.10 bits per heavy atom. The van der Waals surface area contributed by atoms with Crippen LogP contribution in [0.3, 0.4) is 0 Å². The first kappa shape index (κ1) is 16.9. The zero-order valence-electron chi connectivity index (χ0n) is 14.1. The molecule has 0 saturated heterocycles. The van der Waals surface area contributed by atoms with Crippen LogP contribution in [0.1, 0.15) is 50.6 Å². The first-order valence-electron chi connectivity index (χ1n) is 8.03. The highest BCUT2D eigenvalue weighted by Crippen LogP contribution is 2.40. The van der Waals surface area contributed by atoms with Gasteiger partial charge in [-0.2, -0.15) is 0 Å². The molecule has 1 saturated carbocycles. The molecule has 1 aliphatic carbocycles. The van der Waals surface area contributed by atoms with E-state index in [-0.39, 0.29) is 6.10 Å². The minimum absolute atomic E-state index is 0.131. The number of rotatable bonds is 4. The summed E-state index contributed by atoms with van der Waals surface area (Å²) in [6.07, 6.45) is 3.14. The van der Waals surface area contributed by atoms with E-state index in [0.29, 0.717) is 11.3 Å². The highest BCUT2D eigenvalue weighted by atomic mass is 32.1. The van der Waals surface area contributed by atoms with Gasteiger partial charge in [-0.05, 0) is 50.5 Å². The second-order valence-corrected chi connectivity index (χ2v) is 8.70. The molecule has 0 radical (unpaired) electrons. The predicted octanol–water partition coefficient (Wildman–Crippen LogP) is 3.71. The third kappa shape index (κ3) is 4.51. The first-order chi connectivity index (χ1) is 9.77. The fourth-order valence-electron chi connectivity index (χ4n) is 3.42. The Labute approximate surface area is 133 Å². The molecule has 1 aliphatic rings. The van der Waals surface area contributed by atoms with Gasteiger partial charge in [0.2, 0.25) is 0 Å². The van der Waals surface area contributed by atoms with Gasteiger partial charge in [-0.15, -0.1) is 11.3 Å². The summed E-state index contributed by atoms with van der Waals surface area (Å²) in [5.41, 5.74) is 3.41. The van der Waals surface area contributed by atoms with Crippen molar-refractivity contribution in [3.05, 3.63) is 16.1 Å². The summed E-state index contributed by atoms with van der Waals surface area (Å²) in [4.78, 5) is 8.01. The third-order valence-corrected chi connectivity index (χ3v) is 5.89. The maximum absolute atomic E-state index is 10.3. The zero-order valence-corrected chi connectivity index (χ0v) is 14.9. The molecule has 0 aromatic carbocycles. The Bertz CT molecular complexity index is 452. The highest BCUT2D eigenvalue weighted by molar-refractivity contribution is 7.09. The molecule has 1 heterocycles. The van der Waals surface area contributed by atoms with Crippen LogP contribution < -0.4 is 0 Å². The Morgan fingerprint density at radius 1 is 1.38 bits per heavy atom.